The summed E-state index contributed by atoms with van der Waals surface area (Å²) in [5, 5.41) is 30.0. The van der Waals surface area contributed by atoms with Gasteiger partial charge in [-0.1, -0.05) is 12.2 Å². The Balaban J connectivity index is 2.44. The molecule has 0 amide bonds. The lowest BCUT2D eigenvalue weighted by Gasteiger charge is -2.26. The van der Waals surface area contributed by atoms with Gasteiger partial charge in [0.05, 0.1) is 48.8 Å². The van der Waals surface area contributed by atoms with E-state index < -0.39 is 18.8 Å². The Labute approximate surface area is 187 Å². The first-order valence-corrected chi connectivity index (χ1v) is 9.76. The zero-order chi connectivity index (χ0) is 23.7. The van der Waals surface area contributed by atoms with Crippen LogP contribution in [0.4, 0.5) is 0 Å². The number of aliphatic hydroxyl groups excluding tert-OH is 3. The molecule has 2 aromatic rings. The van der Waals surface area contributed by atoms with E-state index in [1.165, 1.54) is 35.5 Å². The quantitative estimate of drug-likeness (QED) is 0.447. The smallest absolute Gasteiger partial charge is 0.204 e. The minimum absolute atomic E-state index is 0.115. The number of rotatable bonds is 12. The van der Waals surface area contributed by atoms with Crippen molar-refractivity contribution < 1.29 is 43.7 Å². The lowest BCUT2D eigenvalue weighted by atomic mass is 10.0. The molecule has 0 aliphatic rings. The van der Waals surface area contributed by atoms with Gasteiger partial charge in [-0.2, -0.15) is 0 Å². The minimum atomic E-state index is -1.25. The lowest BCUT2D eigenvalue weighted by molar-refractivity contribution is -0.00184. The third kappa shape index (κ3) is 5.56. The fourth-order valence-electron chi connectivity index (χ4n) is 3.14. The molecule has 0 saturated heterocycles. The topological polar surface area (TPSA) is 116 Å². The highest BCUT2D eigenvalue weighted by Gasteiger charge is 2.28. The van der Waals surface area contributed by atoms with E-state index in [9.17, 15) is 10.2 Å². The van der Waals surface area contributed by atoms with Gasteiger partial charge in [-0.25, -0.2) is 0 Å². The molecule has 9 heteroatoms. The molecule has 3 N–H and O–H groups in total. The van der Waals surface area contributed by atoms with E-state index >= 15 is 0 Å². The van der Waals surface area contributed by atoms with Gasteiger partial charge in [-0.05, 0) is 35.4 Å². The van der Waals surface area contributed by atoms with Crippen molar-refractivity contribution in [3.63, 3.8) is 0 Å². The van der Waals surface area contributed by atoms with Crippen LogP contribution in [0.15, 0.2) is 30.3 Å². The van der Waals surface area contributed by atoms with Crippen molar-refractivity contribution in [2.75, 3.05) is 48.8 Å². The second-order valence-electron chi connectivity index (χ2n) is 6.58. The van der Waals surface area contributed by atoms with Gasteiger partial charge in [0, 0.05) is 0 Å². The number of ether oxygens (including phenoxy) is 6. The Kier molecular flexibility index (Phi) is 9.45. The molecule has 0 aliphatic carbocycles. The Hall–Kier alpha value is -3.14. The van der Waals surface area contributed by atoms with Crippen LogP contribution in [0.5, 0.6) is 34.5 Å². The molecule has 0 heterocycles. The van der Waals surface area contributed by atoms with Crippen molar-refractivity contribution in [1.29, 1.82) is 0 Å². The van der Waals surface area contributed by atoms with Gasteiger partial charge in [0.1, 0.15) is 6.10 Å². The van der Waals surface area contributed by atoms with Crippen LogP contribution >= 0.6 is 0 Å². The second kappa shape index (κ2) is 12.0. The summed E-state index contributed by atoms with van der Waals surface area (Å²) in [4.78, 5) is 0. The first kappa shape index (κ1) is 25.1. The average Bonchev–Trinajstić information content (AvgIpc) is 2.84. The first-order chi connectivity index (χ1) is 15.5. The fourth-order valence-corrected chi connectivity index (χ4v) is 3.14. The zero-order valence-corrected chi connectivity index (χ0v) is 18.8. The van der Waals surface area contributed by atoms with E-state index in [4.69, 9.17) is 33.5 Å². The van der Waals surface area contributed by atoms with Crippen LogP contribution in [0.3, 0.4) is 0 Å². The van der Waals surface area contributed by atoms with Crippen LogP contribution < -0.4 is 28.4 Å². The summed E-state index contributed by atoms with van der Waals surface area (Å²) in [7, 11) is 7.34. The normalized spacial score (nSPS) is 12.9. The van der Waals surface area contributed by atoms with E-state index in [0.29, 0.717) is 39.9 Å². The summed E-state index contributed by atoms with van der Waals surface area (Å²) in [5.41, 5.74) is 1.10. The van der Waals surface area contributed by atoms with Crippen LogP contribution in [-0.2, 0) is 0 Å². The largest absolute Gasteiger partial charge is 0.493 e. The van der Waals surface area contributed by atoms with Gasteiger partial charge >= 0.3 is 0 Å². The maximum absolute atomic E-state index is 11.0. The third-order valence-electron chi connectivity index (χ3n) is 4.73. The third-order valence-corrected chi connectivity index (χ3v) is 4.73. The van der Waals surface area contributed by atoms with Gasteiger partial charge in [0.15, 0.2) is 29.1 Å². The Morgan fingerprint density at radius 3 is 1.66 bits per heavy atom. The number of methoxy groups -OCH3 is 5. The summed E-state index contributed by atoms with van der Waals surface area (Å²) in [6.07, 6.45) is 0.944. The van der Waals surface area contributed by atoms with Crippen molar-refractivity contribution in [1.82, 2.24) is 0 Å². The predicted molar refractivity (Wildman–Crippen MR) is 118 cm³/mol. The van der Waals surface area contributed by atoms with Gasteiger partial charge in [0.2, 0.25) is 11.5 Å². The zero-order valence-electron chi connectivity index (χ0n) is 18.8. The maximum atomic E-state index is 11.0. The number of aliphatic hydroxyl groups is 3. The average molecular weight is 450 g/mol. The van der Waals surface area contributed by atoms with Crippen molar-refractivity contribution >= 4 is 6.08 Å². The molecule has 2 atom stereocenters. The SMILES string of the molecule is COc1cc([C@H](O)[C@H](CO)Oc2c(OC)cc(/C=C\CO)cc2OC)cc(OC)c1OC. The summed E-state index contributed by atoms with van der Waals surface area (Å²) in [6.45, 7) is -0.618. The van der Waals surface area contributed by atoms with Gasteiger partial charge < -0.3 is 43.7 Å². The van der Waals surface area contributed by atoms with E-state index in [1.54, 1.807) is 36.4 Å². The number of hydrogen-bond donors (Lipinski definition) is 3. The Bertz CT molecular complexity index is 860. The van der Waals surface area contributed by atoms with E-state index in [2.05, 4.69) is 0 Å². The molecule has 176 valence electrons. The molecule has 2 rings (SSSR count). The molecule has 0 aromatic heterocycles. The van der Waals surface area contributed by atoms with Gasteiger partial charge in [0.25, 0.3) is 0 Å². The number of hydrogen-bond acceptors (Lipinski definition) is 9. The molecule has 0 unspecified atom stereocenters. The highest BCUT2D eigenvalue weighted by atomic mass is 16.6. The molecule has 0 bridgehead atoms. The van der Waals surface area contributed by atoms with E-state index in [-0.39, 0.29) is 12.4 Å². The van der Waals surface area contributed by atoms with E-state index in [0.717, 1.165) is 0 Å². The van der Waals surface area contributed by atoms with Crippen LogP contribution in [-0.4, -0.2) is 70.2 Å². The Morgan fingerprint density at radius 2 is 1.25 bits per heavy atom. The highest BCUT2D eigenvalue weighted by Crippen LogP contribution is 2.43. The summed E-state index contributed by atoms with van der Waals surface area (Å²) >= 11 is 0. The van der Waals surface area contributed by atoms with Gasteiger partial charge in [-0.15, -0.1) is 0 Å². The Morgan fingerprint density at radius 1 is 0.750 bits per heavy atom. The van der Waals surface area contributed by atoms with E-state index in [1.807, 2.05) is 0 Å². The molecule has 2 aromatic carbocycles. The van der Waals surface area contributed by atoms with Crippen molar-refractivity contribution in [3.05, 3.63) is 41.5 Å². The highest BCUT2D eigenvalue weighted by molar-refractivity contribution is 5.62. The monoisotopic (exact) mass is 450 g/mol. The molecular formula is C23H30O9. The summed E-state index contributed by atoms with van der Waals surface area (Å²) < 4.78 is 32.8. The van der Waals surface area contributed by atoms with Crippen LogP contribution in [0.2, 0.25) is 0 Å². The predicted octanol–water partition coefficient (Wildman–Crippen LogP) is 2.21. The van der Waals surface area contributed by atoms with Gasteiger partial charge in [-0.3, -0.25) is 0 Å². The molecule has 0 aliphatic heterocycles. The summed E-state index contributed by atoms with van der Waals surface area (Å²) in [5.74, 6) is 1.96. The molecular weight excluding hydrogens is 420 g/mol. The molecule has 0 fully saturated rings. The summed E-state index contributed by atoms with van der Waals surface area (Å²) in [6, 6.07) is 6.53. The van der Waals surface area contributed by atoms with Crippen molar-refractivity contribution in [2.24, 2.45) is 0 Å². The standard InChI is InChI=1S/C23H30O9/c1-27-16-9-14(7-6-8-24)10-17(28-2)23(16)32-20(13-25)21(26)15-11-18(29-3)22(31-5)19(12-15)30-4/h6-7,9-12,20-21,24-26H,8,13H2,1-5H3/b7-6-/t20-,21-/m0/s1. The maximum Gasteiger partial charge on any atom is 0.204 e. The number of benzene rings is 2. The van der Waals surface area contributed by atoms with Crippen molar-refractivity contribution in [2.45, 2.75) is 12.2 Å². The minimum Gasteiger partial charge on any atom is -0.493 e. The molecule has 0 saturated carbocycles. The van der Waals surface area contributed by atoms with Crippen LogP contribution in [0.25, 0.3) is 6.08 Å². The lowest BCUT2D eigenvalue weighted by Crippen LogP contribution is -2.29. The fraction of sp³-hybridized carbons (Fsp3) is 0.391. The van der Waals surface area contributed by atoms with Crippen molar-refractivity contribution in [3.8, 4) is 34.5 Å². The molecule has 9 nitrogen and oxygen atoms in total. The molecule has 32 heavy (non-hydrogen) atoms. The molecule has 0 radical (unpaired) electrons. The first-order valence-electron chi connectivity index (χ1n) is 9.76. The van der Waals surface area contributed by atoms with Crippen LogP contribution in [0.1, 0.15) is 17.2 Å². The van der Waals surface area contributed by atoms with Crippen LogP contribution in [0, 0.1) is 0 Å². The second-order valence-corrected chi connectivity index (χ2v) is 6.58. The molecule has 0 spiro atoms.